The highest BCUT2D eigenvalue weighted by molar-refractivity contribution is 5.80. The molecule has 2 aliphatic rings. The van der Waals surface area contributed by atoms with Crippen LogP contribution in [0.15, 0.2) is 31.5 Å². The van der Waals surface area contributed by atoms with Gasteiger partial charge in [-0.15, -0.1) is 0 Å². The number of piperazine rings is 1. The molecule has 0 aromatic heterocycles. The maximum Gasteiger partial charge on any atom is 0.147 e. The summed E-state index contributed by atoms with van der Waals surface area (Å²) in [5, 5.41) is 3.32. The van der Waals surface area contributed by atoms with Gasteiger partial charge in [0.2, 0.25) is 0 Å². The van der Waals surface area contributed by atoms with Gasteiger partial charge in [0.15, 0.2) is 0 Å². The summed E-state index contributed by atoms with van der Waals surface area (Å²) in [6.45, 7) is 13.8. The van der Waals surface area contributed by atoms with Gasteiger partial charge in [-0.3, -0.25) is 0 Å². The Bertz CT molecular complexity index is 616. The van der Waals surface area contributed by atoms with Crippen molar-refractivity contribution in [3.05, 3.63) is 42.9 Å². The van der Waals surface area contributed by atoms with Crippen LogP contribution in [0.5, 0.6) is 0 Å². The standard InChI is InChI=1S/C20H28FN3/c1-4-6-15(3)17-13-18(21)20(23-11-9-22-10-12-23)14-19(17)24(5-2)16-7-8-16/h5,13-14,16,22H,2-4,6-12H2,1H3. The minimum absolute atomic E-state index is 0.146. The Kier molecular flexibility index (Phi) is 5.24. The molecular formula is C20H28FN3. The first-order valence-electron chi connectivity index (χ1n) is 9.04. The summed E-state index contributed by atoms with van der Waals surface area (Å²) >= 11 is 0. The second kappa shape index (κ2) is 7.39. The Hall–Kier alpha value is -1.81. The molecule has 4 heteroatoms. The first-order chi connectivity index (χ1) is 11.7. The number of anilines is 2. The molecule has 0 amide bonds. The number of allylic oxidation sites excluding steroid dienone is 1. The Labute approximate surface area is 144 Å². The molecule has 0 unspecified atom stereocenters. The highest BCUT2D eigenvalue weighted by Crippen LogP contribution is 2.40. The fourth-order valence-corrected chi connectivity index (χ4v) is 3.43. The van der Waals surface area contributed by atoms with E-state index in [4.69, 9.17) is 0 Å². The maximum atomic E-state index is 14.9. The zero-order chi connectivity index (χ0) is 17.1. The molecule has 0 radical (unpaired) electrons. The largest absolute Gasteiger partial charge is 0.367 e. The van der Waals surface area contributed by atoms with Crippen molar-refractivity contribution < 1.29 is 4.39 Å². The van der Waals surface area contributed by atoms with Crippen molar-refractivity contribution >= 4 is 16.9 Å². The first kappa shape index (κ1) is 17.0. The zero-order valence-electron chi connectivity index (χ0n) is 14.7. The van der Waals surface area contributed by atoms with E-state index in [9.17, 15) is 4.39 Å². The van der Waals surface area contributed by atoms with E-state index in [0.717, 1.165) is 55.8 Å². The van der Waals surface area contributed by atoms with Crippen LogP contribution >= 0.6 is 0 Å². The SMILES string of the molecule is C=CN(c1cc(N2CCNCC2)c(F)cc1C(=C)CCC)C1CC1. The highest BCUT2D eigenvalue weighted by atomic mass is 19.1. The molecule has 1 N–H and O–H groups in total. The quantitative estimate of drug-likeness (QED) is 0.810. The van der Waals surface area contributed by atoms with Crippen LogP contribution in [0, 0.1) is 5.82 Å². The summed E-state index contributed by atoms with van der Waals surface area (Å²) in [4.78, 5) is 4.34. The van der Waals surface area contributed by atoms with Crippen LogP contribution in [0.4, 0.5) is 15.8 Å². The third-order valence-electron chi connectivity index (χ3n) is 4.87. The first-order valence-corrected chi connectivity index (χ1v) is 9.04. The second-order valence-corrected chi connectivity index (χ2v) is 6.73. The smallest absolute Gasteiger partial charge is 0.147 e. The lowest BCUT2D eigenvalue weighted by Gasteiger charge is -2.32. The number of benzene rings is 1. The number of halogens is 1. The van der Waals surface area contributed by atoms with Crippen LogP contribution in [-0.4, -0.2) is 32.2 Å². The van der Waals surface area contributed by atoms with Gasteiger partial charge in [0, 0.05) is 37.8 Å². The maximum absolute atomic E-state index is 14.9. The number of rotatable bonds is 7. The van der Waals surface area contributed by atoms with Gasteiger partial charge >= 0.3 is 0 Å². The number of nitrogens with zero attached hydrogens (tertiary/aromatic N) is 2. The molecule has 3 nitrogen and oxygen atoms in total. The van der Waals surface area contributed by atoms with E-state index in [0.29, 0.717) is 11.7 Å². The zero-order valence-corrected chi connectivity index (χ0v) is 14.7. The third kappa shape index (κ3) is 3.48. The molecule has 130 valence electrons. The Balaban J connectivity index is 2.02. The summed E-state index contributed by atoms with van der Waals surface area (Å²) < 4.78 is 14.9. The molecule has 0 atom stereocenters. The predicted molar refractivity (Wildman–Crippen MR) is 101 cm³/mol. The minimum atomic E-state index is -0.146. The van der Waals surface area contributed by atoms with E-state index >= 15 is 0 Å². The molecule has 1 aromatic carbocycles. The van der Waals surface area contributed by atoms with Gasteiger partial charge in [0.25, 0.3) is 0 Å². The molecule has 3 rings (SSSR count). The summed E-state index contributed by atoms with van der Waals surface area (Å²) in [6, 6.07) is 4.19. The average Bonchev–Trinajstić information content (AvgIpc) is 3.42. The summed E-state index contributed by atoms with van der Waals surface area (Å²) in [5.41, 5.74) is 3.69. The number of nitrogens with one attached hydrogen (secondary N) is 1. The van der Waals surface area contributed by atoms with Gasteiger partial charge in [-0.1, -0.05) is 26.5 Å². The lowest BCUT2D eigenvalue weighted by Crippen LogP contribution is -2.44. The molecule has 1 aromatic rings. The van der Waals surface area contributed by atoms with Crippen LogP contribution in [0.2, 0.25) is 0 Å². The fourth-order valence-electron chi connectivity index (χ4n) is 3.43. The van der Waals surface area contributed by atoms with Gasteiger partial charge < -0.3 is 15.1 Å². The molecule has 1 saturated heterocycles. The second-order valence-electron chi connectivity index (χ2n) is 6.73. The van der Waals surface area contributed by atoms with Crippen LogP contribution in [0.3, 0.4) is 0 Å². The molecule has 1 heterocycles. The van der Waals surface area contributed by atoms with Crippen molar-refractivity contribution in [2.24, 2.45) is 0 Å². The summed E-state index contributed by atoms with van der Waals surface area (Å²) in [5.74, 6) is -0.146. The van der Waals surface area contributed by atoms with Crippen LogP contribution < -0.4 is 15.1 Å². The average molecular weight is 329 g/mol. The highest BCUT2D eigenvalue weighted by Gasteiger charge is 2.30. The van der Waals surface area contributed by atoms with Crippen LogP contribution in [0.25, 0.3) is 5.57 Å². The molecule has 1 aliphatic carbocycles. The monoisotopic (exact) mass is 329 g/mol. The Morgan fingerprint density at radius 3 is 2.67 bits per heavy atom. The van der Waals surface area contributed by atoms with Gasteiger partial charge in [0.1, 0.15) is 5.82 Å². The van der Waals surface area contributed by atoms with E-state index in [2.05, 4.69) is 35.2 Å². The van der Waals surface area contributed by atoms with E-state index in [1.54, 1.807) is 6.07 Å². The van der Waals surface area contributed by atoms with Crippen molar-refractivity contribution in [2.75, 3.05) is 36.0 Å². The molecule has 2 fully saturated rings. The van der Waals surface area contributed by atoms with E-state index in [-0.39, 0.29) is 5.82 Å². The number of hydrogen-bond acceptors (Lipinski definition) is 3. The van der Waals surface area contributed by atoms with Crippen LogP contribution in [-0.2, 0) is 0 Å². The lowest BCUT2D eigenvalue weighted by molar-refractivity contribution is 0.566. The van der Waals surface area contributed by atoms with Gasteiger partial charge in [-0.05, 0) is 43.2 Å². The minimum Gasteiger partial charge on any atom is -0.367 e. The molecule has 1 aliphatic heterocycles. The Morgan fingerprint density at radius 2 is 2.08 bits per heavy atom. The van der Waals surface area contributed by atoms with Crippen molar-refractivity contribution in [3.63, 3.8) is 0 Å². The van der Waals surface area contributed by atoms with E-state index < -0.39 is 0 Å². The topological polar surface area (TPSA) is 18.5 Å². The summed E-state index contributed by atoms with van der Waals surface area (Å²) in [7, 11) is 0. The Morgan fingerprint density at radius 1 is 1.38 bits per heavy atom. The third-order valence-corrected chi connectivity index (χ3v) is 4.87. The fraction of sp³-hybridized carbons (Fsp3) is 0.500. The molecule has 1 saturated carbocycles. The predicted octanol–water partition coefficient (Wildman–Crippen LogP) is 4.16. The van der Waals surface area contributed by atoms with Crippen molar-refractivity contribution in [1.82, 2.24) is 5.32 Å². The normalized spacial score (nSPS) is 17.7. The number of hydrogen-bond donors (Lipinski definition) is 1. The molecule has 0 spiro atoms. The van der Waals surface area contributed by atoms with Crippen molar-refractivity contribution in [3.8, 4) is 0 Å². The summed E-state index contributed by atoms with van der Waals surface area (Å²) in [6.07, 6.45) is 6.12. The molecule has 24 heavy (non-hydrogen) atoms. The van der Waals surface area contributed by atoms with Gasteiger partial charge in [-0.25, -0.2) is 4.39 Å². The van der Waals surface area contributed by atoms with Crippen molar-refractivity contribution in [2.45, 2.75) is 38.6 Å². The van der Waals surface area contributed by atoms with Gasteiger partial charge in [0.05, 0.1) is 11.4 Å². The van der Waals surface area contributed by atoms with Crippen molar-refractivity contribution in [1.29, 1.82) is 0 Å². The lowest BCUT2D eigenvalue weighted by atomic mass is 9.99. The molecule has 0 bridgehead atoms. The van der Waals surface area contributed by atoms with Gasteiger partial charge in [-0.2, -0.15) is 0 Å². The van der Waals surface area contributed by atoms with Crippen LogP contribution in [0.1, 0.15) is 38.2 Å². The van der Waals surface area contributed by atoms with E-state index in [1.807, 2.05) is 12.3 Å². The van der Waals surface area contributed by atoms with E-state index in [1.165, 1.54) is 12.8 Å². The molecular weight excluding hydrogens is 301 g/mol.